The number of benzene rings is 1. The van der Waals surface area contributed by atoms with Crippen LogP contribution < -0.4 is 14.8 Å². The molecule has 0 aliphatic rings. The van der Waals surface area contributed by atoms with E-state index in [4.69, 9.17) is 14.2 Å². The summed E-state index contributed by atoms with van der Waals surface area (Å²) in [5.41, 5.74) is 0.798. The Labute approximate surface area is 130 Å². The highest BCUT2D eigenvalue weighted by Gasteiger charge is 2.20. The summed E-state index contributed by atoms with van der Waals surface area (Å²) in [6.07, 6.45) is -1.45. The predicted molar refractivity (Wildman–Crippen MR) is 82.5 cm³/mol. The maximum absolute atomic E-state index is 11.6. The van der Waals surface area contributed by atoms with Gasteiger partial charge in [-0.2, -0.15) is 0 Å². The van der Waals surface area contributed by atoms with Crippen molar-refractivity contribution in [3.8, 4) is 11.5 Å². The molecular formula is C16H23NO5. The molecule has 0 fully saturated rings. The van der Waals surface area contributed by atoms with Gasteiger partial charge in [0.25, 0.3) is 0 Å². The van der Waals surface area contributed by atoms with Gasteiger partial charge in [0.1, 0.15) is 0 Å². The van der Waals surface area contributed by atoms with E-state index in [1.807, 2.05) is 26.8 Å². The average Bonchev–Trinajstić information content (AvgIpc) is 2.40. The molecule has 1 aromatic rings. The van der Waals surface area contributed by atoms with Crippen molar-refractivity contribution in [2.45, 2.75) is 40.0 Å². The Morgan fingerprint density at radius 2 is 1.77 bits per heavy atom. The summed E-state index contributed by atoms with van der Waals surface area (Å²) >= 11 is 0. The summed E-state index contributed by atoms with van der Waals surface area (Å²) in [7, 11) is 0. The molecule has 0 bridgehead atoms. The van der Waals surface area contributed by atoms with Crippen LogP contribution in [-0.4, -0.2) is 25.4 Å². The fourth-order valence-corrected chi connectivity index (χ4v) is 1.66. The molecule has 1 amide bonds. The molecule has 1 N–H and O–H groups in total. The average molecular weight is 309 g/mol. The number of carbonyl (C=O) groups is 2. The van der Waals surface area contributed by atoms with Gasteiger partial charge in [0, 0.05) is 6.54 Å². The highest BCUT2D eigenvalue weighted by Crippen LogP contribution is 2.33. The van der Waals surface area contributed by atoms with Crippen molar-refractivity contribution >= 4 is 12.2 Å². The first kappa shape index (κ1) is 17.8. The van der Waals surface area contributed by atoms with E-state index in [-0.39, 0.29) is 23.5 Å². The van der Waals surface area contributed by atoms with E-state index in [0.717, 1.165) is 5.56 Å². The zero-order chi connectivity index (χ0) is 16.8. The van der Waals surface area contributed by atoms with Gasteiger partial charge in [-0.3, -0.25) is 0 Å². The minimum Gasteiger partial charge on any atom is -0.434 e. The maximum Gasteiger partial charge on any atom is 0.513 e. The third-order valence-corrected chi connectivity index (χ3v) is 2.79. The third kappa shape index (κ3) is 5.27. The molecule has 0 saturated heterocycles. The Kier molecular flexibility index (Phi) is 6.22. The van der Waals surface area contributed by atoms with Crippen LogP contribution in [-0.2, 0) is 10.2 Å². The van der Waals surface area contributed by atoms with Crippen LogP contribution in [0.4, 0.5) is 9.59 Å². The number of nitrogens with one attached hydrogen (secondary N) is 1. The molecule has 0 radical (unpaired) electrons. The zero-order valence-electron chi connectivity index (χ0n) is 13.7. The molecule has 6 nitrogen and oxygen atoms in total. The van der Waals surface area contributed by atoms with Gasteiger partial charge in [-0.05, 0) is 37.0 Å². The second-order valence-corrected chi connectivity index (χ2v) is 5.62. The van der Waals surface area contributed by atoms with Gasteiger partial charge in [0.05, 0.1) is 6.61 Å². The van der Waals surface area contributed by atoms with Gasteiger partial charge >= 0.3 is 12.2 Å². The van der Waals surface area contributed by atoms with Crippen LogP contribution in [0.15, 0.2) is 18.2 Å². The maximum atomic E-state index is 11.6. The molecule has 0 heterocycles. The lowest BCUT2D eigenvalue weighted by Gasteiger charge is -2.20. The van der Waals surface area contributed by atoms with Crippen LogP contribution in [0.3, 0.4) is 0 Å². The highest BCUT2D eigenvalue weighted by molar-refractivity contribution is 5.72. The third-order valence-electron chi connectivity index (χ3n) is 2.79. The summed E-state index contributed by atoms with van der Waals surface area (Å²) in [4.78, 5) is 23.1. The summed E-state index contributed by atoms with van der Waals surface area (Å²) in [5, 5.41) is 2.51. The number of rotatable bonds is 4. The quantitative estimate of drug-likeness (QED) is 0.679. The highest BCUT2D eigenvalue weighted by atomic mass is 16.7. The summed E-state index contributed by atoms with van der Waals surface area (Å²) in [6, 6.07) is 5.10. The number of hydrogen-bond acceptors (Lipinski definition) is 5. The molecule has 0 unspecified atom stereocenters. The predicted octanol–water partition coefficient (Wildman–Crippen LogP) is 3.63. The van der Waals surface area contributed by atoms with Crippen molar-refractivity contribution in [2.75, 3.05) is 13.2 Å². The second kappa shape index (κ2) is 7.68. The SMILES string of the molecule is CCNC(=O)Oc1ccc(C(C)(C)C)cc1OC(=O)OCC. The summed E-state index contributed by atoms with van der Waals surface area (Å²) in [5.74, 6) is 0.309. The lowest BCUT2D eigenvalue weighted by atomic mass is 9.87. The van der Waals surface area contributed by atoms with E-state index in [9.17, 15) is 9.59 Å². The Bertz CT molecular complexity index is 534. The van der Waals surface area contributed by atoms with E-state index in [1.165, 1.54) is 0 Å². The molecule has 0 aromatic heterocycles. The molecule has 22 heavy (non-hydrogen) atoms. The number of ether oxygens (including phenoxy) is 3. The van der Waals surface area contributed by atoms with Crippen LogP contribution in [0.5, 0.6) is 11.5 Å². The first-order chi connectivity index (χ1) is 10.3. The van der Waals surface area contributed by atoms with E-state index in [2.05, 4.69) is 5.32 Å². The van der Waals surface area contributed by atoms with Crippen molar-refractivity contribution in [2.24, 2.45) is 0 Å². The van der Waals surface area contributed by atoms with Crippen molar-refractivity contribution in [3.05, 3.63) is 23.8 Å². The first-order valence-electron chi connectivity index (χ1n) is 7.22. The first-order valence-corrected chi connectivity index (χ1v) is 7.22. The lowest BCUT2D eigenvalue weighted by Crippen LogP contribution is -2.26. The number of hydrogen-bond donors (Lipinski definition) is 1. The fourth-order valence-electron chi connectivity index (χ4n) is 1.66. The molecule has 0 saturated carbocycles. The largest absolute Gasteiger partial charge is 0.513 e. The Morgan fingerprint density at radius 1 is 1.09 bits per heavy atom. The van der Waals surface area contributed by atoms with E-state index in [1.54, 1.807) is 26.0 Å². The topological polar surface area (TPSA) is 73.9 Å². The number of carbonyl (C=O) groups excluding carboxylic acids is 2. The Balaban J connectivity index is 3.08. The Morgan fingerprint density at radius 3 is 2.32 bits per heavy atom. The monoisotopic (exact) mass is 309 g/mol. The van der Waals surface area contributed by atoms with Gasteiger partial charge in [-0.15, -0.1) is 0 Å². The molecule has 0 aliphatic carbocycles. The standard InChI is InChI=1S/C16H23NO5/c1-6-17-14(18)21-12-9-8-11(16(3,4)5)10-13(12)22-15(19)20-7-2/h8-10H,6-7H2,1-5H3,(H,17,18). The minimum absolute atomic E-state index is 0.142. The minimum atomic E-state index is -0.839. The van der Waals surface area contributed by atoms with Crippen LogP contribution in [0.1, 0.15) is 40.2 Å². The molecule has 0 aliphatic heterocycles. The van der Waals surface area contributed by atoms with Gasteiger partial charge in [0.15, 0.2) is 11.5 Å². The smallest absolute Gasteiger partial charge is 0.434 e. The molecule has 0 atom stereocenters. The van der Waals surface area contributed by atoms with Crippen LogP contribution >= 0.6 is 0 Å². The molecule has 1 rings (SSSR count). The lowest BCUT2D eigenvalue weighted by molar-refractivity contribution is 0.103. The number of amides is 1. The summed E-state index contributed by atoms with van der Waals surface area (Å²) in [6.45, 7) is 10.2. The zero-order valence-corrected chi connectivity index (χ0v) is 13.7. The summed E-state index contributed by atoms with van der Waals surface area (Å²) < 4.78 is 15.0. The molecule has 6 heteroatoms. The van der Waals surface area contributed by atoms with Gasteiger partial charge in [-0.25, -0.2) is 9.59 Å². The van der Waals surface area contributed by atoms with Gasteiger partial charge in [0.2, 0.25) is 0 Å². The van der Waals surface area contributed by atoms with Crippen LogP contribution in [0.25, 0.3) is 0 Å². The van der Waals surface area contributed by atoms with Crippen molar-refractivity contribution < 1.29 is 23.8 Å². The van der Waals surface area contributed by atoms with E-state index < -0.39 is 12.2 Å². The normalized spacial score (nSPS) is 10.8. The van der Waals surface area contributed by atoms with E-state index in [0.29, 0.717) is 6.54 Å². The van der Waals surface area contributed by atoms with Crippen LogP contribution in [0.2, 0.25) is 0 Å². The fraction of sp³-hybridized carbons (Fsp3) is 0.500. The van der Waals surface area contributed by atoms with Crippen molar-refractivity contribution in [1.82, 2.24) is 5.32 Å². The van der Waals surface area contributed by atoms with Gasteiger partial charge in [-0.1, -0.05) is 26.8 Å². The Hall–Kier alpha value is -2.24. The van der Waals surface area contributed by atoms with Crippen molar-refractivity contribution in [1.29, 1.82) is 0 Å². The molecule has 0 spiro atoms. The molecular weight excluding hydrogens is 286 g/mol. The molecule has 1 aromatic carbocycles. The van der Waals surface area contributed by atoms with E-state index >= 15 is 0 Å². The van der Waals surface area contributed by atoms with Crippen molar-refractivity contribution in [3.63, 3.8) is 0 Å². The molecule has 122 valence electrons. The second-order valence-electron chi connectivity index (χ2n) is 5.62. The van der Waals surface area contributed by atoms with Gasteiger partial charge < -0.3 is 19.5 Å². The van der Waals surface area contributed by atoms with Crippen LogP contribution in [0, 0.1) is 0 Å².